The number of ether oxygens (including phenoxy) is 1. The monoisotopic (exact) mass is 528 g/mol. The van der Waals surface area contributed by atoms with Crippen molar-refractivity contribution in [3.63, 3.8) is 0 Å². The van der Waals surface area contributed by atoms with Gasteiger partial charge in [-0.15, -0.1) is 24.0 Å². The van der Waals surface area contributed by atoms with Crippen LogP contribution in [0.5, 0.6) is 0 Å². The van der Waals surface area contributed by atoms with Crippen LogP contribution in [0, 0.1) is 5.92 Å². The quantitative estimate of drug-likeness (QED) is 0.176. The maximum atomic E-state index is 12.1. The van der Waals surface area contributed by atoms with Crippen molar-refractivity contribution in [3.8, 4) is 0 Å². The summed E-state index contributed by atoms with van der Waals surface area (Å²) in [6.07, 6.45) is 2.40. The van der Waals surface area contributed by atoms with Gasteiger partial charge in [0.25, 0.3) is 5.91 Å². The first-order valence-corrected chi connectivity index (χ1v) is 10.1. The Balaban J connectivity index is 0.00000450. The zero-order chi connectivity index (χ0) is 20.9. The van der Waals surface area contributed by atoms with Crippen molar-refractivity contribution in [2.24, 2.45) is 10.9 Å². The summed E-state index contributed by atoms with van der Waals surface area (Å²) < 4.78 is 10.7. The highest BCUT2D eigenvalue weighted by Crippen LogP contribution is 2.13. The van der Waals surface area contributed by atoms with E-state index < -0.39 is 0 Å². The van der Waals surface area contributed by atoms with Crippen molar-refractivity contribution in [1.82, 2.24) is 10.6 Å². The molecular formula is C22H33IN4O3. The Morgan fingerprint density at radius 1 is 1.20 bits per heavy atom. The number of benzene rings is 1. The first-order chi connectivity index (χ1) is 14.1. The van der Waals surface area contributed by atoms with Crippen molar-refractivity contribution < 1.29 is 13.9 Å². The van der Waals surface area contributed by atoms with Crippen LogP contribution in [-0.4, -0.2) is 38.2 Å². The Morgan fingerprint density at radius 3 is 2.73 bits per heavy atom. The molecule has 0 aliphatic carbocycles. The summed E-state index contributed by atoms with van der Waals surface area (Å²) in [6, 6.07) is 10.9. The average Bonchev–Trinajstić information content (AvgIpc) is 3.24. The number of hydrogen-bond acceptors (Lipinski definition) is 4. The van der Waals surface area contributed by atoms with Crippen LogP contribution in [0.1, 0.15) is 43.3 Å². The van der Waals surface area contributed by atoms with Crippen molar-refractivity contribution in [3.05, 3.63) is 54.0 Å². The normalized spacial score (nSPS) is 11.1. The number of halogens is 1. The molecule has 1 aromatic heterocycles. The Bertz CT molecular complexity index is 764. The molecule has 7 nitrogen and oxygen atoms in total. The molecule has 0 aliphatic rings. The molecule has 2 rings (SSSR count). The van der Waals surface area contributed by atoms with Gasteiger partial charge >= 0.3 is 0 Å². The lowest BCUT2D eigenvalue weighted by Gasteiger charge is -2.12. The van der Waals surface area contributed by atoms with Gasteiger partial charge in [-0.25, -0.2) is 4.99 Å². The number of rotatable bonds is 11. The predicted molar refractivity (Wildman–Crippen MR) is 132 cm³/mol. The van der Waals surface area contributed by atoms with Crippen LogP contribution in [0.25, 0.3) is 0 Å². The Kier molecular flexibility index (Phi) is 12.8. The maximum absolute atomic E-state index is 12.1. The van der Waals surface area contributed by atoms with Crippen molar-refractivity contribution >= 4 is 41.5 Å². The molecule has 1 amide bonds. The summed E-state index contributed by atoms with van der Waals surface area (Å²) in [5.41, 5.74) is 1.71. The average molecular weight is 528 g/mol. The molecule has 0 bridgehead atoms. The smallest absolute Gasteiger partial charge is 0.291 e. The first kappa shape index (κ1) is 26.0. The van der Waals surface area contributed by atoms with E-state index in [-0.39, 0.29) is 35.6 Å². The van der Waals surface area contributed by atoms with E-state index in [0.717, 1.165) is 44.2 Å². The Morgan fingerprint density at radius 2 is 2.03 bits per heavy atom. The van der Waals surface area contributed by atoms with Crippen molar-refractivity contribution in [1.29, 1.82) is 0 Å². The maximum Gasteiger partial charge on any atom is 0.291 e. The lowest BCUT2D eigenvalue weighted by atomic mass is 10.2. The highest BCUT2D eigenvalue weighted by atomic mass is 127. The summed E-state index contributed by atoms with van der Waals surface area (Å²) in [5, 5.41) is 9.40. The van der Waals surface area contributed by atoms with Crippen molar-refractivity contribution in [2.75, 3.05) is 31.6 Å². The number of aliphatic imine (C=N–C) groups is 1. The molecule has 0 radical (unpaired) electrons. The predicted octanol–water partition coefficient (Wildman–Crippen LogP) is 4.27. The Labute approximate surface area is 196 Å². The third-order valence-electron chi connectivity index (χ3n) is 3.90. The van der Waals surface area contributed by atoms with Crippen LogP contribution in [0.4, 0.5) is 5.69 Å². The van der Waals surface area contributed by atoms with E-state index in [9.17, 15) is 4.79 Å². The van der Waals surface area contributed by atoms with Gasteiger partial charge in [0, 0.05) is 32.0 Å². The van der Waals surface area contributed by atoms with Gasteiger partial charge in [-0.3, -0.25) is 4.79 Å². The Hall–Kier alpha value is -2.07. The molecule has 0 spiro atoms. The summed E-state index contributed by atoms with van der Waals surface area (Å²) >= 11 is 0. The van der Waals surface area contributed by atoms with Crippen LogP contribution in [0.15, 0.2) is 52.1 Å². The topological polar surface area (TPSA) is 87.9 Å². The van der Waals surface area contributed by atoms with Gasteiger partial charge in [0.05, 0.1) is 12.8 Å². The van der Waals surface area contributed by atoms with Crippen LogP contribution in [0.2, 0.25) is 0 Å². The molecule has 0 fully saturated rings. The number of guanidine groups is 1. The van der Waals surface area contributed by atoms with E-state index in [0.29, 0.717) is 18.2 Å². The molecule has 1 aromatic carbocycles. The standard InChI is InChI=1S/C22H32N4O3.HI/c1-4-23-22(24-11-7-12-28-16-17(2)3)25-15-18-8-5-9-19(14-18)26-21(27)20-10-6-13-29-20;/h5-6,8-10,13-14,17H,4,7,11-12,15-16H2,1-3H3,(H,26,27)(H2,23,24,25);1H. The second-order valence-corrected chi connectivity index (χ2v) is 7.08. The summed E-state index contributed by atoms with van der Waals surface area (Å²) in [7, 11) is 0. The van der Waals surface area contributed by atoms with Crippen LogP contribution in [-0.2, 0) is 11.3 Å². The van der Waals surface area contributed by atoms with Gasteiger partial charge in [0.1, 0.15) is 0 Å². The largest absolute Gasteiger partial charge is 0.459 e. The fourth-order valence-corrected chi connectivity index (χ4v) is 2.56. The number of hydrogen-bond donors (Lipinski definition) is 3. The lowest BCUT2D eigenvalue weighted by Crippen LogP contribution is -2.38. The number of carbonyl (C=O) groups is 1. The summed E-state index contributed by atoms with van der Waals surface area (Å²) in [5.74, 6) is 1.33. The highest BCUT2D eigenvalue weighted by Gasteiger charge is 2.08. The molecule has 30 heavy (non-hydrogen) atoms. The molecule has 1 heterocycles. The van der Waals surface area contributed by atoms with E-state index in [1.807, 2.05) is 31.2 Å². The van der Waals surface area contributed by atoms with E-state index in [1.54, 1.807) is 12.1 Å². The van der Waals surface area contributed by atoms with Crippen LogP contribution in [0.3, 0.4) is 0 Å². The van der Waals surface area contributed by atoms with E-state index in [2.05, 4.69) is 34.8 Å². The van der Waals surface area contributed by atoms with Gasteiger partial charge in [0.2, 0.25) is 0 Å². The van der Waals surface area contributed by atoms with E-state index in [4.69, 9.17) is 9.15 Å². The minimum atomic E-state index is -0.273. The second-order valence-electron chi connectivity index (χ2n) is 7.08. The third-order valence-corrected chi connectivity index (χ3v) is 3.90. The molecular weight excluding hydrogens is 495 g/mol. The molecule has 2 aromatic rings. The molecule has 0 unspecified atom stereocenters. The minimum absolute atomic E-state index is 0. The summed E-state index contributed by atoms with van der Waals surface area (Å²) in [4.78, 5) is 16.7. The highest BCUT2D eigenvalue weighted by molar-refractivity contribution is 14.0. The number of nitrogens with one attached hydrogen (secondary N) is 3. The van der Waals surface area contributed by atoms with Gasteiger partial charge in [-0.2, -0.15) is 0 Å². The first-order valence-electron chi connectivity index (χ1n) is 10.1. The van der Waals surface area contributed by atoms with Crippen LogP contribution >= 0.6 is 24.0 Å². The van der Waals surface area contributed by atoms with Crippen molar-refractivity contribution in [2.45, 2.75) is 33.7 Å². The van der Waals surface area contributed by atoms with Crippen LogP contribution < -0.4 is 16.0 Å². The number of carbonyl (C=O) groups excluding carboxylic acids is 1. The number of nitrogens with zero attached hydrogens (tertiary/aromatic N) is 1. The van der Waals surface area contributed by atoms with Gasteiger partial charge < -0.3 is 25.1 Å². The van der Waals surface area contributed by atoms with Gasteiger partial charge in [-0.05, 0) is 49.1 Å². The number of furan rings is 1. The molecule has 0 saturated carbocycles. The zero-order valence-electron chi connectivity index (χ0n) is 17.9. The molecule has 0 aliphatic heterocycles. The number of anilines is 1. The third kappa shape index (κ3) is 10.1. The van der Waals surface area contributed by atoms with Gasteiger partial charge in [-0.1, -0.05) is 26.0 Å². The second kappa shape index (κ2) is 14.8. The lowest BCUT2D eigenvalue weighted by molar-refractivity contribution is 0.0996. The van der Waals surface area contributed by atoms with E-state index >= 15 is 0 Å². The molecule has 8 heteroatoms. The summed E-state index contributed by atoms with van der Waals surface area (Å²) in [6.45, 7) is 9.94. The molecule has 166 valence electrons. The minimum Gasteiger partial charge on any atom is -0.459 e. The zero-order valence-corrected chi connectivity index (χ0v) is 20.3. The van der Waals surface area contributed by atoms with Gasteiger partial charge in [0.15, 0.2) is 11.7 Å². The van der Waals surface area contributed by atoms with E-state index in [1.165, 1.54) is 6.26 Å². The number of amides is 1. The molecule has 3 N–H and O–H groups in total. The SMILES string of the molecule is CCNC(=NCc1cccc(NC(=O)c2ccco2)c1)NCCCOCC(C)C.I. The fourth-order valence-electron chi connectivity index (χ4n) is 2.56. The molecule has 0 atom stereocenters. The molecule has 0 saturated heterocycles. The fraction of sp³-hybridized carbons (Fsp3) is 0.455.